The lowest BCUT2D eigenvalue weighted by Gasteiger charge is -2.26. The normalized spacial score (nSPS) is 16.9. The number of hydrogen-bond acceptors (Lipinski definition) is 3. The fraction of sp³-hybridized carbons (Fsp3) is 0.333. The van der Waals surface area contributed by atoms with Crippen LogP contribution >= 0.6 is 11.6 Å². The Bertz CT molecular complexity index is 762. The van der Waals surface area contributed by atoms with Crippen molar-refractivity contribution in [1.82, 2.24) is 4.98 Å². The van der Waals surface area contributed by atoms with Crippen molar-refractivity contribution in [1.29, 1.82) is 5.26 Å². The van der Waals surface area contributed by atoms with Gasteiger partial charge in [0.1, 0.15) is 17.5 Å². The number of aryl methyl sites for hydroxylation is 1. The summed E-state index contributed by atoms with van der Waals surface area (Å²) < 4.78 is 0. The lowest BCUT2D eigenvalue weighted by molar-refractivity contribution is 0.441. The zero-order valence-electron chi connectivity index (χ0n) is 12.6. The first-order valence-corrected chi connectivity index (χ1v) is 7.99. The van der Waals surface area contributed by atoms with Crippen molar-refractivity contribution in [2.75, 3.05) is 5.73 Å². The van der Waals surface area contributed by atoms with E-state index in [0.29, 0.717) is 22.3 Å². The fourth-order valence-electron chi connectivity index (χ4n) is 3.27. The molecule has 0 aliphatic heterocycles. The van der Waals surface area contributed by atoms with Gasteiger partial charge < -0.3 is 5.73 Å². The molecule has 0 spiro atoms. The molecule has 1 aromatic heterocycles. The maximum atomic E-state index is 9.56. The molecule has 0 amide bonds. The van der Waals surface area contributed by atoms with Gasteiger partial charge in [0.15, 0.2) is 0 Å². The summed E-state index contributed by atoms with van der Waals surface area (Å²) in [7, 11) is 0. The number of nitriles is 1. The van der Waals surface area contributed by atoms with Crippen LogP contribution in [0.15, 0.2) is 24.3 Å². The van der Waals surface area contributed by atoms with Gasteiger partial charge in [-0.3, -0.25) is 0 Å². The van der Waals surface area contributed by atoms with E-state index >= 15 is 0 Å². The van der Waals surface area contributed by atoms with Gasteiger partial charge in [0.05, 0.1) is 0 Å². The van der Waals surface area contributed by atoms with Gasteiger partial charge in [-0.25, -0.2) is 4.98 Å². The molecule has 22 heavy (non-hydrogen) atoms. The summed E-state index contributed by atoms with van der Waals surface area (Å²) in [6.45, 7) is 2.21. The molecule has 2 aromatic rings. The van der Waals surface area contributed by atoms with Gasteiger partial charge in [-0.15, -0.1) is 0 Å². The molecule has 2 N–H and O–H groups in total. The number of aromatic nitrogens is 1. The van der Waals surface area contributed by atoms with E-state index in [-0.39, 0.29) is 0 Å². The standard InChI is InChI=1S/C18H18ClN3/c1-2-11-7-8-16-13(9-11)17(14(10-20)18(21)22-16)12-5-3-4-6-15(12)19/h3-6,11H,2,7-9H2,1H3,(H2,21,22)/t11-/m1/s1. The van der Waals surface area contributed by atoms with Crippen molar-refractivity contribution in [2.24, 2.45) is 5.92 Å². The smallest absolute Gasteiger partial charge is 0.142 e. The van der Waals surface area contributed by atoms with Crippen LogP contribution < -0.4 is 5.73 Å². The molecule has 1 aliphatic carbocycles. The van der Waals surface area contributed by atoms with Crippen LogP contribution in [0.1, 0.15) is 36.6 Å². The van der Waals surface area contributed by atoms with Crippen LogP contribution in [-0.4, -0.2) is 4.98 Å². The number of benzene rings is 1. The number of halogens is 1. The third-order valence-electron chi connectivity index (χ3n) is 4.53. The second-order valence-corrected chi connectivity index (χ2v) is 6.19. The average molecular weight is 312 g/mol. The Balaban J connectivity index is 2.30. The van der Waals surface area contributed by atoms with Gasteiger partial charge in [0.2, 0.25) is 0 Å². The SMILES string of the molecule is CC[C@@H]1CCc2nc(N)c(C#N)c(-c3ccccc3Cl)c2C1. The molecule has 1 aromatic carbocycles. The number of hydrogen-bond donors (Lipinski definition) is 1. The molecule has 0 fully saturated rings. The molecule has 1 aliphatic rings. The summed E-state index contributed by atoms with van der Waals surface area (Å²) in [4.78, 5) is 4.48. The van der Waals surface area contributed by atoms with E-state index in [2.05, 4.69) is 18.0 Å². The number of rotatable bonds is 2. The summed E-state index contributed by atoms with van der Waals surface area (Å²) in [6.07, 6.45) is 4.12. The Hall–Kier alpha value is -2.05. The number of pyridine rings is 1. The van der Waals surface area contributed by atoms with Crippen molar-refractivity contribution in [2.45, 2.75) is 32.6 Å². The van der Waals surface area contributed by atoms with Crippen LogP contribution in [0.5, 0.6) is 0 Å². The number of nitrogen functional groups attached to an aromatic ring is 1. The summed E-state index contributed by atoms with van der Waals surface area (Å²) >= 11 is 6.38. The molecule has 0 unspecified atom stereocenters. The molecule has 3 nitrogen and oxygen atoms in total. The van der Waals surface area contributed by atoms with Gasteiger partial charge >= 0.3 is 0 Å². The van der Waals surface area contributed by atoms with Gasteiger partial charge in [0, 0.05) is 21.8 Å². The van der Waals surface area contributed by atoms with Gasteiger partial charge in [-0.2, -0.15) is 5.26 Å². The molecule has 3 rings (SSSR count). The Morgan fingerprint density at radius 3 is 2.86 bits per heavy atom. The fourth-order valence-corrected chi connectivity index (χ4v) is 3.50. The first kappa shape index (κ1) is 14.9. The summed E-state index contributed by atoms with van der Waals surface area (Å²) in [5.74, 6) is 0.942. The molecule has 1 heterocycles. The Labute approximate surface area is 135 Å². The zero-order valence-corrected chi connectivity index (χ0v) is 13.3. The van der Waals surface area contributed by atoms with Crippen LogP contribution in [0.4, 0.5) is 5.82 Å². The highest BCUT2D eigenvalue weighted by Crippen LogP contribution is 2.40. The Kier molecular flexibility index (Phi) is 4.04. The molecule has 4 heteroatoms. The highest BCUT2D eigenvalue weighted by atomic mass is 35.5. The Morgan fingerprint density at radius 2 is 2.18 bits per heavy atom. The second-order valence-electron chi connectivity index (χ2n) is 5.78. The summed E-state index contributed by atoms with van der Waals surface area (Å²) in [5.41, 5.74) is 10.4. The third-order valence-corrected chi connectivity index (χ3v) is 4.86. The highest BCUT2D eigenvalue weighted by Gasteiger charge is 2.26. The average Bonchev–Trinajstić information content (AvgIpc) is 2.54. The van der Waals surface area contributed by atoms with Gasteiger partial charge in [0.25, 0.3) is 0 Å². The minimum absolute atomic E-state index is 0.311. The maximum Gasteiger partial charge on any atom is 0.142 e. The van der Waals surface area contributed by atoms with E-state index < -0.39 is 0 Å². The van der Waals surface area contributed by atoms with Crippen LogP contribution in [0.3, 0.4) is 0 Å². The predicted molar refractivity (Wildman–Crippen MR) is 89.6 cm³/mol. The maximum absolute atomic E-state index is 9.56. The van der Waals surface area contributed by atoms with Crippen LogP contribution in [0.25, 0.3) is 11.1 Å². The monoisotopic (exact) mass is 311 g/mol. The molecule has 0 saturated carbocycles. The molecule has 0 saturated heterocycles. The lowest BCUT2D eigenvalue weighted by Crippen LogP contribution is -2.18. The van der Waals surface area contributed by atoms with Crippen molar-refractivity contribution in [3.05, 3.63) is 46.1 Å². The van der Waals surface area contributed by atoms with E-state index in [0.717, 1.165) is 48.1 Å². The lowest BCUT2D eigenvalue weighted by atomic mass is 9.80. The van der Waals surface area contributed by atoms with E-state index in [1.807, 2.05) is 24.3 Å². The topological polar surface area (TPSA) is 62.7 Å². The number of nitrogens with two attached hydrogens (primary N) is 1. The van der Waals surface area contributed by atoms with Crippen molar-refractivity contribution in [3.8, 4) is 17.2 Å². The zero-order chi connectivity index (χ0) is 15.7. The predicted octanol–water partition coefficient (Wildman–Crippen LogP) is 4.37. The van der Waals surface area contributed by atoms with E-state index in [4.69, 9.17) is 17.3 Å². The molecule has 0 bridgehead atoms. The van der Waals surface area contributed by atoms with E-state index in [9.17, 15) is 5.26 Å². The Morgan fingerprint density at radius 1 is 1.41 bits per heavy atom. The van der Waals surface area contributed by atoms with E-state index in [1.165, 1.54) is 0 Å². The van der Waals surface area contributed by atoms with Gasteiger partial charge in [-0.05, 0) is 36.8 Å². The van der Waals surface area contributed by atoms with Crippen molar-refractivity contribution in [3.63, 3.8) is 0 Å². The first-order valence-electron chi connectivity index (χ1n) is 7.61. The third kappa shape index (κ3) is 2.44. The van der Waals surface area contributed by atoms with Crippen LogP contribution in [-0.2, 0) is 12.8 Å². The summed E-state index contributed by atoms with van der Waals surface area (Å²) in [6, 6.07) is 9.86. The number of fused-ring (bicyclic) bond motifs is 1. The first-order chi connectivity index (χ1) is 10.7. The molecule has 0 radical (unpaired) electrons. The number of nitrogens with zero attached hydrogens (tertiary/aromatic N) is 2. The molecular weight excluding hydrogens is 294 g/mol. The quantitative estimate of drug-likeness (QED) is 0.895. The van der Waals surface area contributed by atoms with Gasteiger partial charge in [-0.1, -0.05) is 43.1 Å². The van der Waals surface area contributed by atoms with Crippen molar-refractivity contribution < 1.29 is 0 Å². The summed E-state index contributed by atoms with van der Waals surface area (Å²) in [5, 5.41) is 10.2. The van der Waals surface area contributed by atoms with Crippen molar-refractivity contribution >= 4 is 17.4 Å². The minimum atomic E-state index is 0.311. The minimum Gasteiger partial charge on any atom is -0.383 e. The largest absolute Gasteiger partial charge is 0.383 e. The second kappa shape index (κ2) is 5.98. The van der Waals surface area contributed by atoms with E-state index in [1.54, 1.807) is 0 Å². The molecule has 1 atom stereocenters. The van der Waals surface area contributed by atoms with Crippen LogP contribution in [0.2, 0.25) is 5.02 Å². The molecular formula is C18H18ClN3. The number of anilines is 1. The van der Waals surface area contributed by atoms with Crippen LogP contribution in [0, 0.1) is 17.2 Å². The highest BCUT2D eigenvalue weighted by molar-refractivity contribution is 6.33. The molecule has 112 valence electrons.